The molecule has 24 heavy (non-hydrogen) atoms. The van der Waals surface area contributed by atoms with Gasteiger partial charge in [0.1, 0.15) is 5.60 Å². The highest BCUT2D eigenvalue weighted by Gasteiger charge is 2.34. The Hall–Kier alpha value is -2.33. The molecule has 1 aliphatic rings. The summed E-state index contributed by atoms with van der Waals surface area (Å²) in [4.78, 5) is 24.5. The first-order valence-corrected chi connectivity index (χ1v) is 8.50. The molecule has 2 rings (SSSR count). The predicted octanol–water partition coefficient (Wildman–Crippen LogP) is 1.09. The van der Waals surface area contributed by atoms with Gasteiger partial charge in [0.15, 0.2) is 11.5 Å². The van der Waals surface area contributed by atoms with Gasteiger partial charge in [-0.1, -0.05) is 12.1 Å². The number of amides is 3. The Kier molecular flexibility index (Phi) is 4.46. The molecule has 132 valence electrons. The van der Waals surface area contributed by atoms with Crippen molar-refractivity contribution in [2.75, 3.05) is 14.1 Å². The molecule has 1 aromatic carbocycles. The topological polar surface area (TPSA) is 119 Å². The molecule has 1 aliphatic heterocycles. The monoisotopic (exact) mass is 357 g/mol. The number of imide groups is 1. The molecular weight excluding hydrogens is 338 g/mol. The molecule has 0 fully saturated rings. The van der Waals surface area contributed by atoms with E-state index in [2.05, 4.69) is 0 Å². The first kappa shape index (κ1) is 18.0. The molecule has 0 bridgehead atoms. The SMILES string of the molecule is CN(C(=O)Oc1cccc2c1OC(C)(C)C2)C(=O)N(C)S(N)(=O)=O. The van der Waals surface area contributed by atoms with Crippen molar-refractivity contribution in [2.45, 2.75) is 25.9 Å². The van der Waals surface area contributed by atoms with E-state index in [9.17, 15) is 18.0 Å². The molecule has 1 aromatic rings. The summed E-state index contributed by atoms with van der Waals surface area (Å²) in [7, 11) is -2.25. The molecule has 0 spiro atoms. The Balaban J connectivity index is 2.17. The van der Waals surface area contributed by atoms with Crippen molar-refractivity contribution in [3.8, 4) is 11.5 Å². The van der Waals surface area contributed by atoms with Crippen LogP contribution in [0.25, 0.3) is 0 Å². The Bertz CT molecular complexity index is 790. The summed E-state index contributed by atoms with van der Waals surface area (Å²) in [5.41, 5.74) is 0.446. The van der Waals surface area contributed by atoms with E-state index in [4.69, 9.17) is 14.6 Å². The number of para-hydroxylation sites is 1. The molecule has 0 radical (unpaired) electrons. The van der Waals surface area contributed by atoms with Gasteiger partial charge < -0.3 is 9.47 Å². The number of hydrogen-bond acceptors (Lipinski definition) is 6. The predicted molar refractivity (Wildman–Crippen MR) is 84.9 cm³/mol. The summed E-state index contributed by atoms with van der Waals surface area (Å²) in [6.07, 6.45) is -0.409. The molecule has 3 amide bonds. The summed E-state index contributed by atoms with van der Waals surface area (Å²) in [6, 6.07) is 3.94. The number of fused-ring (bicyclic) bond motifs is 1. The fraction of sp³-hybridized carbons (Fsp3) is 0.429. The fourth-order valence-electron chi connectivity index (χ4n) is 2.23. The van der Waals surface area contributed by atoms with Crippen LogP contribution in [0.15, 0.2) is 18.2 Å². The Morgan fingerprint density at radius 1 is 1.29 bits per heavy atom. The number of carbonyl (C=O) groups is 2. The summed E-state index contributed by atoms with van der Waals surface area (Å²) >= 11 is 0. The molecule has 0 aromatic heterocycles. The smallest absolute Gasteiger partial charge is 0.423 e. The second-order valence-corrected chi connectivity index (χ2v) is 7.58. The molecule has 0 unspecified atom stereocenters. The largest absolute Gasteiger partial charge is 0.483 e. The van der Waals surface area contributed by atoms with E-state index in [1.165, 1.54) is 6.07 Å². The van der Waals surface area contributed by atoms with Crippen molar-refractivity contribution in [1.82, 2.24) is 9.21 Å². The highest BCUT2D eigenvalue weighted by Crippen LogP contribution is 2.41. The first-order valence-electron chi connectivity index (χ1n) is 6.99. The minimum atomic E-state index is -4.27. The van der Waals surface area contributed by atoms with Gasteiger partial charge in [-0.05, 0) is 19.9 Å². The minimum absolute atomic E-state index is 0.154. The number of carbonyl (C=O) groups excluding carboxylic acids is 2. The Morgan fingerprint density at radius 3 is 2.50 bits per heavy atom. The zero-order valence-corrected chi connectivity index (χ0v) is 14.6. The van der Waals surface area contributed by atoms with Gasteiger partial charge in [0.2, 0.25) is 0 Å². The van der Waals surface area contributed by atoms with Gasteiger partial charge >= 0.3 is 22.3 Å². The number of benzene rings is 1. The van der Waals surface area contributed by atoms with E-state index in [-0.39, 0.29) is 10.1 Å². The van der Waals surface area contributed by atoms with Crippen LogP contribution in [0.4, 0.5) is 9.59 Å². The second-order valence-electron chi connectivity index (χ2n) is 6.00. The van der Waals surface area contributed by atoms with Gasteiger partial charge in [-0.25, -0.2) is 23.9 Å². The fourth-order valence-corrected chi connectivity index (χ4v) is 2.57. The maximum atomic E-state index is 12.1. The van der Waals surface area contributed by atoms with Crippen molar-refractivity contribution in [3.63, 3.8) is 0 Å². The average molecular weight is 357 g/mol. The lowest BCUT2D eigenvalue weighted by Crippen LogP contribution is -2.47. The summed E-state index contributed by atoms with van der Waals surface area (Å²) < 4.78 is 33.5. The lowest BCUT2D eigenvalue weighted by atomic mass is 10.0. The maximum absolute atomic E-state index is 12.1. The molecule has 2 N–H and O–H groups in total. The van der Waals surface area contributed by atoms with E-state index < -0.39 is 27.9 Å². The van der Waals surface area contributed by atoms with Crippen LogP contribution < -0.4 is 14.6 Å². The third kappa shape index (κ3) is 3.60. The molecule has 0 saturated heterocycles. The highest BCUT2D eigenvalue weighted by molar-refractivity contribution is 7.87. The number of nitrogens with zero attached hydrogens (tertiary/aromatic N) is 2. The van der Waals surface area contributed by atoms with Crippen molar-refractivity contribution in [3.05, 3.63) is 23.8 Å². The lowest BCUT2D eigenvalue weighted by molar-refractivity contribution is 0.128. The zero-order valence-electron chi connectivity index (χ0n) is 13.8. The van der Waals surface area contributed by atoms with E-state index >= 15 is 0 Å². The van der Waals surface area contributed by atoms with Gasteiger partial charge in [0.05, 0.1) is 0 Å². The van der Waals surface area contributed by atoms with E-state index in [1.54, 1.807) is 6.07 Å². The van der Waals surface area contributed by atoms with Crippen LogP contribution in [0.5, 0.6) is 11.5 Å². The highest BCUT2D eigenvalue weighted by atomic mass is 32.2. The second kappa shape index (κ2) is 5.95. The number of hydrogen-bond donors (Lipinski definition) is 1. The van der Waals surface area contributed by atoms with Crippen LogP contribution in [0, 0.1) is 0 Å². The van der Waals surface area contributed by atoms with Gasteiger partial charge in [-0.15, -0.1) is 0 Å². The summed E-state index contributed by atoms with van der Waals surface area (Å²) in [6.45, 7) is 3.80. The number of nitrogens with two attached hydrogens (primary N) is 1. The molecule has 0 atom stereocenters. The minimum Gasteiger partial charge on any atom is -0.483 e. The Morgan fingerprint density at radius 2 is 1.92 bits per heavy atom. The third-order valence-corrected chi connectivity index (χ3v) is 4.38. The summed E-state index contributed by atoms with van der Waals surface area (Å²) in [5.74, 6) is 0.581. The summed E-state index contributed by atoms with van der Waals surface area (Å²) in [5, 5.41) is 4.85. The zero-order chi connectivity index (χ0) is 18.3. The molecular formula is C14H19N3O6S. The maximum Gasteiger partial charge on any atom is 0.423 e. The van der Waals surface area contributed by atoms with Gasteiger partial charge in [0.25, 0.3) is 0 Å². The van der Waals surface area contributed by atoms with Gasteiger partial charge in [-0.3, -0.25) is 0 Å². The standard InChI is InChI=1S/C14H19N3O6S/c1-14(2)8-9-6-5-7-10(11(9)23-14)22-13(19)16(3)12(18)17(4)24(15,20)21/h5-7H,8H2,1-4H3,(H2,15,20,21). The number of ether oxygens (including phenoxy) is 2. The van der Waals surface area contributed by atoms with E-state index in [0.29, 0.717) is 17.1 Å². The molecule has 0 saturated carbocycles. The average Bonchev–Trinajstić information content (AvgIpc) is 2.79. The quantitative estimate of drug-likeness (QED) is 0.846. The number of rotatable bonds is 2. The Labute approximate surface area is 140 Å². The normalized spacial score (nSPS) is 15.2. The van der Waals surface area contributed by atoms with Crippen molar-refractivity contribution >= 4 is 22.3 Å². The van der Waals surface area contributed by atoms with Crippen LogP contribution in [-0.4, -0.2) is 49.4 Å². The van der Waals surface area contributed by atoms with Crippen molar-refractivity contribution in [2.24, 2.45) is 5.14 Å². The van der Waals surface area contributed by atoms with Gasteiger partial charge in [0, 0.05) is 26.1 Å². The van der Waals surface area contributed by atoms with Gasteiger partial charge in [-0.2, -0.15) is 8.42 Å². The molecule has 1 heterocycles. The van der Waals surface area contributed by atoms with Crippen LogP contribution in [0.3, 0.4) is 0 Å². The van der Waals surface area contributed by atoms with Crippen LogP contribution in [0.1, 0.15) is 19.4 Å². The van der Waals surface area contributed by atoms with Crippen LogP contribution in [0.2, 0.25) is 0 Å². The lowest BCUT2D eigenvalue weighted by Gasteiger charge is -2.22. The first-order chi connectivity index (χ1) is 10.9. The van der Waals surface area contributed by atoms with Crippen molar-refractivity contribution < 1.29 is 27.5 Å². The molecule has 0 aliphatic carbocycles. The number of urea groups is 1. The van der Waals surface area contributed by atoms with Crippen LogP contribution in [-0.2, 0) is 16.6 Å². The van der Waals surface area contributed by atoms with Crippen LogP contribution >= 0.6 is 0 Å². The molecule has 10 heteroatoms. The molecule has 9 nitrogen and oxygen atoms in total. The van der Waals surface area contributed by atoms with E-state index in [0.717, 1.165) is 19.7 Å². The van der Waals surface area contributed by atoms with E-state index in [1.807, 2.05) is 19.9 Å². The van der Waals surface area contributed by atoms with Crippen molar-refractivity contribution in [1.29, 1.82) is 0 Å². The third-order valence-electron chi connectivity index (χ3n) is 3.46.